The zero-order valence-electron chi connectivity index (χ0n) is 23.9. The second-order valence-corrected chi connectivity index (χ2v) is 11.0. The van der Waals surface area contributed by atoms with E-state index in [2.05, 4.69) is 27.7 Å². The molecule has 0 atom stereocenters. The van der Waals surface area contributed by atoms with E-state index in [0.29, 0.717) is 0 Å². The van der Waals surface area contributed by atoms with Gasteiger partial charge in [0.2, 0.25) is 0 Å². The molecular weight excluding hydrogens is 466 g/mol. The molecule has 0 aromatic rings. The Bertz CT molecular complexity index is 317. The van der Waals surface area contributed by atoms with Gasteiger partial charge in [0.05, 0.1) is 26.2 Å². The third-order valence-electron chi connectivity index (χ3n) is 7.69. The number of hydrogen-bond acceptors (Lipinski definition) is 0. The van der Waals surface area contributed by atoms with Crippen LogP contribution in [0.4, 0.5) is 0 Å². The normalized spacial score (nSPS) is 11.6. The Kier molecular flexibility index (Phi) is 30.9. The van der Waals surface area contributed by atoms with E-state index in [1.54, 1.807) is 0 Å². The van der Waals surface area contributed by atoms with E-state index in [4.69, 9.17) is 0 Å². The molecule has 0 saturated heterocycles. The number of quaternary nitrogens is 1. The molecular formula is C31H66BrN. The lowest BCUT2D eigenvalue weighted by molar-refractivity contribution is -0.929. The van der Waals surface area contributed by atoms with Crippen molar-refractivity contribution >= 4 is 0 Å². The monoisotopic (exact) mass is 531 g/mol. The molecule has 0 aliphatic heterocycles. The van der Waals surface area contributed by atoms with Gasteiger partial charge in [-0.1, -0.05) is 124 Å². The van der Waals surface area contributed by atoms with Gasteiger partial charge in [-0.3, -0.25) is 0 Å². The molecule has 0 rings (SSSR count). The first-order valence-corrected chi connectivity index (χ1v) is 15.6. The first-order chi connectivity index (χ1) is 15.7. The quantitative estimate of drug-likeness (QED) is 0.0746. The van der Waals surface area contributed by atoms with Crippen LogP contribution in [0.5, 0.6) is 0 Å². The summed E-state index contributed by atoms with van der Waals surface area (Å²) in [6, 6.07) is 0. The molecule has 0 saturated carbocycles. The molecule has 33 heavy (non-hydrogen) atoms. The molecule has 0 spiro atoms. The summed E-state index contributed by atoms with van der Waals surface area (Å²) in [5.41, 5.74) is 0. The van der Waals surface area contributed by atoms with E-state index in [9.17, 15) is 0 Å². The predicted molar refractivity (Wildman–Crippen MR) is 149 cm³/mol. The molecule has 0 unspecified atom stereocenters. The number of rotatable bonds is 27. The van der Waals surface area contributed by atoms with Crippen molar-refractivity contribution in [3.05, 3.63) is 0 Å². The van der Waals surface area contributed by atoms with E-state index < -0.39 is 0 Å². The van der Waals surface area contributed by atoms with Crippen LogP contribution >= 0.6 is 0 Å². The lowest BCUT2D eigenvalue weighted by Crippen LogP contribution is -3.00. The minimum absolute atomic E-state index is 0. The zero-order valence-corrected chi connectivity index (χ0v) is 25.5. The van der Waals surface area contributed by atoms with Crippen molar-refractivity contribution in [3.8, 4) is 0 Å². The molecule has 0 fully saturated rings. The third-order valence-corrected chi connectivity index (χ3v) is 7.69. The highest BCUT2D eigenvalue weighted by Gasteiger charge is 2.25. The number of halogens is 1. The zero-order chi connectivity index (χ0) is 23.6. The first kappa shape index (κ1) is 35.6. The largest absolute Gasteiger partial charge is 1.00 e. The Labute approximate surface area is 222 Å². The maximum Gasteiger partial charge on any atom is 0.0786 e. The Balaban J connectivity index is 0. The molecule has 0 amide bonds. The Morgan fingerprint density at radius 2 is 0.455 bits per heavy atom. The maximum absolute atomic E-state index is 2.36. The van der Waals surface area contributed by atoms with Gasteiger partial charge >= 0.3 is 0 Å². The van der Waals surface area contributed by atoms with Crippen LogP contribution in [-0.4, -0.2) is 30.7 Å². The Hall–Kier alpha value is 0.440. The van der Waals surface area contributed by atoms with Crippen LogP contribution in [0.2, 0.25) is 0 Å². The van der Waals surface area contributed by atoms with E-state index >= 15 is 0 Å². The summed E-state index contributed by atoms with van der Waals surface area (Å²) in [5, 5.41) is 0. The molecule has 0 aromatic heterocycles. The standard InChI is InChI=1S/C31H66N.BrH/c1-5-9-13-14-15-16-17-18-19-20-21-22-23-27-31-32(28-24-10-6-2,29-25-11-7-3)30-26-12-8-4;/h5-31H2,1-4H3;1H/q+1;/p-1. The van der Waals surface area contributed by atoms with Crippen LogP contribution in [0.15, 0.2) is 0 Å². The summed E-state index contributed by atoms with van der Waals surface area (Å²) in [7, 11) is 0. The van der Waals surface area contributed by atoms with Gasteiger partial charge in [-0.15, -0.1) is 0 Å². The summed E-state index contributed by atoms with van der Waals surface area (Å²) in [4.78, 5) is 0. The second kappa shape index (κ2) is 28.7. The molecule has 0 heterocycles. The molecule has 0 aliphatic carbocycles. The van der Waals surface area contributed by atoms with Gasteiger partial charge in [0.25, 0.3) is 0 Å². The van der Waals surface area contributed by atoms with E-state index in [1.807, 2.05) is 0 Å². The maximum atomic E-state index is 2.36. The number of nitrogens with zero attached hydrogens (tertiary/aromatic N) is 1. The van der Waals surface area contributed by atoms with Crippen LogP contribution in [0.25, 0.3) is 0 Å². The highest BCUT2D eigenvalue weighted by Crippen LogP contribution is 2.19. The predicted octanol–water partition coefficient (Wildman–Crippen LogP) is 7.86. The minimum atomic E-state index is 0. The lowest BCUT2D eigenvalue weighted by atomic mass is 10.0. The first-order valence-electron chi connectivity index (χ1n) is 15.6. The topological polar surface area (TPSA) is 0 Å². The van der Waals surface area contributed by atoms with Gasteiger partial charge in [-0.25, -0.2) is 0 Å². The van der Waals surface area contributed by atoms with Crippen molar-refractivity contribution in [2.45, 2.75) is 175 Å². The number of hydrogen-bond donors (Lipinski definition) is 0. The summed E-state index contributed by atoms with van der Waals surface area (Å²) < 4.78 is 1.46. The Morgan fingerprint density at radius 1 is 0.273 bits per heavy atom. The molecule has 0 N–H and O–H groups in total. The second-order valence-electron chi connectivity index (χ2n) is 11.0. The van der Waals surface area contributed by atoms with Crippen LogP contribution in [0, 0.1) is 0 Å². The van der Waals surface area contributed by atoms with Crippen molar-refractivity contribution in [1.82, 2.24) is 0 Å². The van der Waals surface area contributed by atoms with E-state index in [0.717, 1.165) is 0 Å². The lowest BCUT2D eigenvalue weighted by Gasteiger charge is -2.39. The van der Waals surface area contributed by atoms with Gasteiger partial charge < -0.3 is 21.5 Å². The van der Waals surface area contributed by atoms with Crippen molar-refractivity contribution in [2.24, 2.45) is 0 Å². The molecule has 1 nitrogen and oxygen atoms in total. The van der Waals surface area contributed by atoms with Gasteiger partial charge in [0.1, 0.15) is 0 Å². The Morgan fingerprint density at radius 3 is 0.727 bits per heavy atom. The SMILES string of the molecule is CCCCCCCCCCCCCCCC[N+](CCCCC)(CCCCC)CCCCC.[Br-]. The van der Waals surface area contributed by atoms with Gasteiger partial charge in [-0.2, -0.15) is 0 Å². The average Bonchev–Trinajstić information content (AvgIpc) is 2.80. The molecule has 0 bridgehead atoms. The van der Waals surface area contributed by atoms with Crippen LogP contribution < -0.4 is 17.0 Å². The van der Waals surface area contributed by atoms with Crippen molar-refractivity contribution in [1.29, 1.82) is 0 Å². The van der Waals surface area contributed by atoms with Crippen LogP contribution in [0.3, 0.4) is 0 Å². The van der Waals surface area contributed by atoms with Crippen LogP contribution in [0.1, 0.15) is 175 Å². The summed E-state index contributed by atoms with van der Waals surface area (Å²) >= 11 is 0. The summed E-state index contributed by atoms with van der Waals surface area (Å²) in [6.07, 6.45) is 33.3. The molecule has 2 heteroatoms. The van der Waals surface area contributed by atoms with Crippen molar-refractivity contribution in [3.63, 3.8) is 0 Å². The highest BCUT2D eigenvalue weighted by molar-refractivity contribution is 4.53. The highest BCUT2D eigenvalue weighted by atomic mass is 79.9. The van der Waals surface area contributed by atoms with Crippen LogP contribution in [-0.2, 0) is 0 Å². The smallest absolute Gasteiger partial charge is 0.0786 e. The minimum Gasteiger partial charge on any atom is -1.00 e. The van der Waals surface area contributed by atoms with Gasteiger partial charge in [0, 0.05) is 0 Å². The van der Waals surface area contributed by atoms with Gasteiger partial charge in [-0.05, 0) is 51.4 Å². The molecule has 0 radical (unpaired) electrons. The molecule has 0 aliphatic rings. The van der Waals surface area contributed by atoms with E-state index in [-0.39, 0.29) is 17.0 Å². The fourth-order valence-electron chi connectivity index (χ4n) is 5.40. The number of unbranched alkanes of at least 4 members (excludes halogenated alkanes) is 19. The average molecular weight is 533 g/mol. The third kappa shape index (κ3) is 23.9. The van der Waals surface area contributed by atoms with E-state index in [1.165, 1.54) is 178 Å². The molecule has 202 valence electrons. The van der Waals surface area contributed by atoms with Crippen molar-refractivity contribution in [2.75, 3.05) is 26.2 Å². The summed E-state index contributed by atoms with van der Waals surface area (Å²) in [6.45, 7) is 15.2. The molecule has 0 aromatic carbocycles. The fourth-order valence-corrected chi connectivity index (χ4v) is 5.40. The van der Waals surface area contributed by atoms with Gasteiger partial charge in [0.15, 0.2) is 0 Å². The summed E-state index contributed by atoms with van der Waals surface area (Å²) in [5.74, 6) is 0. The fraction of sp³-hybridized carbons (Fsp3) is 1.00. The van der Waals surface area contributed by atoms with Crippen molar-refractivity contribution < 1.29 is 21.5 Å².